The van der Waals surface area contributed by atoms with Crippen LogP contribution in [0.15, 0.2) is 55.0 Å². The summed E-state index contributed by atoms with van der Waals surface area (Å²) in [5.41, 5.74) is 5.87. The molecule has 2 saturated heterocycles. The summed E-state index contributed by atoms with van der Waals surface area (Å²) in [6.07, 6.45) is 8.78. The Hall–Kier alpha value is -7.02. The van der Waals surface area contributed by atoms with Crippen molar-refractivity contribution in [1.82, 2.24) is 39.3 Å². The number of nitrogens with zero attached hydrogens (tertiary/aromatic N) is 8. The zero-order valence-electron chi connectivity index (χ0n) is 40.6. The second kappa shape index (κ2) is 20.6. The fourth-order valence-corrected chi connectivity index (χ4v) is 11.4. The molecule has 10 rings (SSSR count). The Bertz CT molecular complexity index is 2940. The molecule has 3 aromatic heterocycles. The Morgan fingerprint density at radius 2 is 1.74 bits per heavy atom. The van der Waals surface area contributed by atoms with E-state index < -0.39 is 24.3 Å². The second-order valence-corrected chi connectivity index (χ2v) is 19.3. The van der Waals surface area contributed by atoms with Crippen LogP contribution in [0.2, 0.25) is 0 Å². The second-order valence-electron chi connectivity index (χ2n) is 19.3. The van der Waals surface area contributed by atoms with E-state index in [0.29, 0.717) is 101 Å². The van der Waals surface area contributed by atoms with Gasteiger partial charge in [0.1, 0.15) is 12.0 Å². The lowest BCUT2D eigenvalue weighted by Crippen LogP contribution is -2.41. The number of fused-ring (bicyclic) bond motifs is 4. The average Bonchev–Trinajstić information content (AvgIpc) is 4.06. The molecular formula is C53H59F2N9O8. The number of ether oxygens (including phenoxy) is 2. The first-order valence-corrected chi connectivity index (χ1v) is 25.1. The highest BCUT2D eigenvalue weighted by Crippen LogP contribution is 2.46. The number of aromatic nitrogens is 4. The number of halogens is 2. The fraction of sp³-hybridized carbons (Fsp3) is 0.472. The van der Waals surface area contributed by atoms with Crippen LogP contribution in [0, 0.1) is 0 Å². The molecule has 0 aliphatic carbocycles. The van der Waals surface area contributed by atoms with Gasteiger partial charge in [-0.05, 0) is 92.8 Å². The van der Waals surface area contributed by atoms with Crippen LogP contribution in [0.1, 0.15) is 126 Å². The number of likely N-dealkylation sites (tertiary alicyclic amines) is 1. The number of carbonyl (C=O) groups excluding carboxylic acids is 6. The minimum atomic E-state index is -2.77. The van der Waals surface area contributed by atoms with Crippen molar-refractivity contribution in [3.05, 3.63) is 88.5 Å². The summed E-state index contributed by atoms with van der Waals surface area (Å²) >= 11 is 0. The zero-order valence-corrected chi connectivity index (χ0v) is 40.6. The monoisotopic (exact) mass is 987 g/mol. The van der Waals surface area contributed by atoms with Crippen molar-refractivity contribution in [2.75, 3.05) is 57.9 Å². The van der Waals surface area contributed by atoms with Crippen LogP contribution in [0.4, 0.5) is 20.3 Å². The summed E-state index contributed by atoms with van der Waals surface area (Å²) in [6.45, 7) is 5.61. The van der Waals surface area contributed by atoms with E-state index in [-0.39, 0.29) is 78.1 Å². The fourth-order valence-electron chi connectivity index (χ4n) is 11.4. The first kappa shape index (κ1) is 48.6. The van der Waals surface area contributed by atoms with Gasteiger partial charge in [0.15, 0.2) is 5.82 Å². The van der Waals surface area contributed by atoms with Gasteiger partial charge in [-0.25, -0.2) is 8.78 Å². The summed E-state index contributed by atoms with van der Waals surface area (Å²) in [7, 11) is 1.46. The number of alkyl halides is 2. The van der Waals surface area contributed by atoms with E-state index in [1.807, 2.05) is 28.1 Å². The molecular weight excluding hydrogens is 929 g/mol. The van der Waals surface area contributed by atoms with Crippen molar-refractivity contribution in [3.8, 4) is 16.9 Å². The van der Waals surface area contributed by atoms with Crippen LogP contribution in [0.25, 0.3) is 22.0 Å². The van der Waals surface area contributed by atoms with Gasteiger partial charge < -0.3 is 38.9 Å². The Kier molecular flexibility index (Phi) is 13.9. The van der Waals surface area contributed by atoms with Gasteiger partial charge in [0, 0.05) is 131 Å². The minimum absolute atomic E-state index is 0.00617. The molecule has 2 aromatic carbocycles. The van der Waals surface area contributed by atoms with Crippen molar-refractivity contribution >= 4 is 58.2 Å². The van der Waals surface area contributed by atoms with Gasteiger partial charge >= 0.3 is 0 Å². The molecule has 378 valence electrons. The largest absolute Gasteiger partial charge is 0.493 e. The number of benzene rings is 2. The van der Waals surface area contributed by atoms with E-state index in [4.69, 9.17) is 14.6 Å². The van der Waals surface area contributed by atoms with E-state index in [0.717, 1.165) is 57.7 Å². The van der Waals surface area contributed by atoms with Crippen LogP contribution in [-0.4, -0.2) is 129 Å². The number of pyridine rings is 1. The predicted molar refractivity (Wildman–Crippen MR) is 261 cm³/mol. The Morgan fingerprint density at radius 3 is 2.49 bits per heavy atom. The smallest absolute Gasteiger partial charge is 0.265 e. The highest BCUT2D eigenvalue weighted by Gasteiger charge is 2.42. The third-order valence-electron chi connectivity index (χ3n) is 15.2. The Labute approximate surface area is 415 Å². The van der Waals surface area contributed by atoms with E-state index in [1.54, 1.807) is 37.5 Å². The molecule has 1 atom stereocenters. The van der Waals surface area contributed by atoms with Gasteiger partial charge in [-0.15, -0.1) is 0 Å². The molecule has 5 aliphatic heterocycles. The zero-order chi connectivity index (χ0) is 50.2. The molecule has 0 spiro atoms. The van der Waals surface area contributed by atoms with Crippen LogP contribution < -0.4 is 15.0 Å². The van der Waals surface area contributed by atoms with Gasteiger partial charge in [0.05, 0.1) is 41.9 Å². The maximum absolute atomic E-state index is 15.5. The molecule has 72 heavy (non-hydrogen) atoms. The SMILES string of the molecule is CNC(=O)CCC(C=O)N1C(=O)c2cccc(OCCCC(=O)N3CCC(n4cc(-c5cc6c(cc5C(F)F)N(c5nn(C7CCOCC7)c7c5CN(C(C)=O)CC7)CCC6)c5cnccc54)CC3)c2C1=O. The number of amides is 5. The molecule has 5 amide bonds. The number of hydrogen-bond donors (Lipinski definition) is 1. The van der Waals surface area contributed by atoms with Crippen molar-refractivity contribution in [2.24, 2.45) is 0 Å². The van der Waals surface area contributed by atoms with Crippen LogP contribution >= 0.6 is 0 Å². The van der Waals surface area contributed by atoms with Crippen LogP contribution in [0.3, 0.4) is 0 Å². The maximum atomic E-state index is 15.5. The van der Waals surface area contributed by atoms with Crippen LogP contribution in [-0.2, 0) is 43.3 Å². The number of imide groups is 1. The molecule has 1 N–H and O–H groups in total. The quantitative estimate of drug-likeness (QED) is 0.0656. The van der Waals surface area contributed by atoms with Gasteiger partial charge in [-0.1, -0.05) is 6.07 Å². The normalized spacial score (nSPS) is 17.8. The lowest BCUT2D eigenvalue weighted by molar-refractivity contribution is -0.133. The van der Waals surface area contributed by atoms with Gasteiger partial charge in [0.2, 0.25) is 17.7 Å². The summed E-state index contributed by atoms with van der Waals surface area (Å²) in [6, 6.07) is 9.21. The topological polar surface area (TPSA) is 182 Å². The maximum Gasteiger partial charge on any atom is 0.265 e. The van der Waals surface area contributed by atoms with E-state index in [1.165, 1.54) is 13.1 Å². The van der Waals surface area contributed by atoms with E-state index in [9.17, 15) is 28.8 Å². The molecule has 5 aliphatic rings. The average molecular weight is 988 g/mol. The predicted octanol–water partition coefficient (Wildman–Crippen LogP) is 6.89. The molecule has 0 bridgehead atoms. The first-order chi connectivity index (χ1) is 34.9. The summed E-state index contributed by atoms with van der Waals surface area (Å²) in [5, 5.41) is 8.48. The van der Waals surface area contributed by atoms with E-state index in [2.05, 4.69) is 24.4 Å². The number of nitrogens with one attached hydrogen (secondary N) is 1. The number of rotatable bonds is 15. The van der Waals surface area contributed by atoms with Crippen molar-refractivity contribution in [1.29, 1.82) is 0 Å². The number of piperidine rings is 1. The lowest BCUT2D eigenvalue weighted by atomic mass is 9.91. The number of aryl methyl sites for hydroxylation is 1. The standard InChI is InChI=1S/C53H59F2N9O8/c1-32(66)60-22-15-44-42(29-60)51(58-64(44)35-16-24-71-25-17-35)61-19-4-6-33-26-38(39(50(54)55)27-45(33)61)41-30-62(43-12-18-57-28-40(41)43)34-13-20-59(21-14-34)48(68)9-5-23-72-46-8-3-7-37-49(46)53(70)63(52(37)69)36(31-65)10-11-47(67)56-2/h3,7-8,12,18,26-28,30-31,34-36,50H,4-6,9-11,13-17,19-25,29H2,1-2H3,(H,56,67). The molecule has 5 aromatic rings. The van der Waals surface area contributed by atoms with Crippen molar-refractivity contribution in [3.63, 3.8) is 0 Å². The highest BCUT2D eigenvalue weighted by atomic mass is 19.3. The van der Waals surface area contributed by atoms with Crippen molar-refractivity contribution in [2.45, 2.75) is 109 Å². The minimum Gasteiger partial charge on any atom is -0.493 e. The van der Waals surface area contributed by atoms with Gasteiger partial charge in [0.25, 0.3) is 18.2 Å². The number of hydrogen-bond acceptors (Lipinski definition) is 11. The summed E-state index contributed by atoms with van der Waals surface area (Å²) < 4.78 is 47.0. The molecule has 0 saturated carbocycles. The molecule has 1 unspecified atom stereocenters. The molecule has 2 fully saturated rings. The van der Waals surface area contributed by atoms with Gasteiger partial charge in [-0.3, -0.25) is 38.5 Å². The lowest BCUT2D eigenvalue weighted by Gasteiger charge is -2.33. The third-order valence-corrected chi connectivity index (χ3v) is 15.2. The Balaban J connectivity index is 0.825. The first-order valence-electron chi connectivity index (χ1n) is 25.1. The molecule has 17 nitrogen and oxygen atoms in total. The number of anilines is 2. The molecule has 19 heteroatoms. The molecule has 0 radical (unpaired) electrons. The van der Waals surface area contributed by atoms with Gasteiger partial charge in [-0.2, -0.15) is 5.10 Å². The summed E-state index contributed by atoms with van der Waals surface area (Å²) in [5.74, 6) is -0.760. The van der Waals surface area contributed by atoms with E-state index >= 15 is 8.78 Å². The number of carbonyl (C=O) groups is 6. The summed E-state index contributed by atoms with van der Waals surface area (Å²) in [4.78, 5) is 87.7. The Morgan fingerprint density at radius 1 is 0.931 bits per heavy atom. The highest BCUT2D eigenvalue weighted by molar-refractivity contribution is 6.23. The van der Waals surface area contributed by atoms with Crippen molar-refractivity contribution < 1.29 is 47.0 Å². The number of aldehydes is 1. The molecule has 8 heterocycles. The third kappa shape index (κ3) is 9.11. The van der Waals surface area contributed by atoms with Crippen LogP contribution in [0.5, 0.6) is 5.75 Å².